The molecule has 0 aliphatic carbocycles. The van der Waals surface area contributed by atoms with E-state index in [4.69, 9.17) is 9.47 Å². The van der Waals surface area contributed by atoms with E-state index in [1.807, 2.05) is 12.1 Å². The van der Waals surface area contributed by atoms with E-state index in [1.165, 1.54) is 0 Å². The summed E-state index contributed by atoms with van der Waals surface area (Å²) < 4.78 is 12.3. The molecule has 0 unspecified atom stereocenters. The number of hydrogen-bond acceptors (Lipinski definition) is 7. The highest BCUT2D eigenvalue weighted by Gasteiger charge is 2.08. The normalized spacial score (nSPS) is 10.6. The number of nitrogens with one attached hydrogen (secondary N) is 1. The lowest BCUT2D eigenvalue weighted by Crippen LogP contribution is -2.06. The Morgan fingerprint density at radius 2 is 2.19 bits per heavy atom. The van der Waals surface area contributed by atoms with Crippen LogP contribution in [0.3, 0.4) is 0 Å². The third kappa shape index (κ3) is 5.14. The maximum absolute atomic E-state index is 5.37. The van der Waals surface area contributed by atoms with Crippen molar-refractivity contribution in [1.29, 1.82) is 0 Å². The summed E-state index contributed by atoms with van der Waals surface area (Å²) in [6.45, 7) is 1.38. The summed E-state index contributed by atoms with van der Waals surface area (Å²) in [5, 5.41) is 12.3. The second kappa shape index (κ2) is 8.57. The van der Waals surface area contributed by atoms with Gasteiger partial charge in [-0.1, -0.05) is 39.0 Å². The fourth-order valence-electron chi connectivity index (χ4n) is 1.60. The van der Waals surface area contributed by atoms with Crippen molar-refractivity contribution in [1.82, 2.24) is 10.2 Å². The first kappa shape index (κ1) is 16.5. The molecule has 0 bridgehead atoms. The highest BCUT2D eigenvalue weighted by atomic mass is 79.9. The predicted octanol–water partition coefficient (Wildman–Crippen LogP) is 3.66. The number of benzene rings is 1. The first-order chi connectivity index (χ1) is 10.2. The third-order valence-corrected chi connectivity index (χ3v) is 5.14. The highest BCUT2D eigenvalue weighted by Crippen LogP contribution is 2.32. The van der Waals surface area contributed by atoms with Gasteiger partial charge in [-0.15, -0.1) is 10.2 Å². The minimum Gasteiger partial charge on any atom is -0.496 e. The molecule has 1 aromatic heterocycles. The summed E-state index contributed by atoms with van der Waals surface area (Å²) in [5.74, 6) is 1.67. The number of nitrogens with zero attached hydrogens (tertiary/aromatic N) is 2. The molecule has 5 nitrogen and oxygen atoms in total. The van der Waals surface area contributed by atoms with Gasteiger partial charge >= 0.3 is 0 Å². The molecule has 1 aromatic carbocycles. The van der Waals surface area contributed by atoms with Crippen molar-refractivity contribution in [3.05, 3.63) is 28.2 Å². The smallest absolute Gasteiger partial charge is 0.206 e. The van der Waals surface area contributed by atoms with Gasteiger partial charge in [-0.3, -0.25) is 0 Å². The zero-order chi connectivity index (χ0) is 15.1. The summed E-state index contributed by atoms with van der Waals surface area (Å²) >= 11 is 6.67. The number of hydrogen-bond donors (Lipinski definition) is 1. The van der Waals surface area contributed by atoms with Gasteiger partial charge in [0.1, 0.15) is 5.75 Å². The Morgan fingerprint density at radius 1 is 1.33 bits per heavy atom. The summed E-state index contributed by atoms with van der Waals surface area (Å²) in [6.07, 6.45) is 0. The van der Waals surface area contributed by atoms with Crippen LogP contribution >= 0.6 is 39.0 Å². The Bertz CT molecular complexity index is 580. The van der Waals surface area contributed by atoms with Gasteiger partial charge in [0, 0.05) is 29.4 Å². The van der Waals surface area contributed by atoms with E-state index in [0.717, 1.165) is 37.6 Å². The minimum atomic E-state index is 0.650. The molecule has 0 aliphatic heterocycles. The lowest BCUT2D eigenvalue weighted by molar-refractivity contribution is 0.211. The van der Waals surface area contributed by atoms with Gasteiger partial charge in [0.05, 0.1) is 13.7 Å². The zero-order valence-electron chi connectivity index (χ0n) is 11.8. The summed E-state index contributed by atoms with van der Waals surface area (Å²) in [4.78, 5) is 0. The van der Waals surface area contributed by atoms with Crippen LogP contribution in [0.25, 0.3) is 0 Å². The van der Waals surface area contributed by atoms with Crippen LogP contribution in [0.4, 0.5) is 5.13 Å². The number of methoxy groups -OCH3 is 2. The summed E-state index contributed by atoms with van der Waals surface area (Å²) in [5.41, 5.74) is 1.13. The lowest BCUT2D eigenvalue weighted by Gasteiger charge is -2.07. The second-order valence-corrected chi connectivity index (χ2v) is 7.15. The van der Waals surface area contributed by atoms with Crippen molar-refractivity contribution >= 4 is 44.2 Å². The monoisotopic (exact) mass is 389 g/mol. The Morgan fingerprint density at radius 3 is 2.95 bits per heavy atom. The summed E-state index contributed by atoms with van der Waals surface area (Å²) in [7, 11) is 3.36. The van der Waals surface area contributed by atoms with Crippen molar-refractivity contribution in [2.45, 2.75) is 10.1 Å². The number of rotatable bonds is 8. The molecule has 2 aromatic rings. The molecule has 0 fully saturated rings. The van der Waals surface area contributed by atoms with Gasteiger partial charge in [-0.05, 0) is 18.2 Å². The topological polar surface area (TPSA) is 56.3 Å². The van der Waals surface area contributed by atoms with Crippen LogP contribution in [0.15, 0.2) is 27.0 Å². The lowest BCUT2D eigenvalue weighted by atomic mass is 10.2. The number of halogens is 1. The van der Waals surface area contributed by atoms with Crippen LogP contribution in [0, 0.1) is 0 Å². The van der Waals surface area contributed by atoms with Gasteiger partial charge in [0.15, 0.2) is 4.34 Å². The number of ether oxygens (including phenoxy) is 2. The van der Waals surface area contributed by atoms with Gasteiger partial charge in [0.25, 0.3) is 0 Å². The molecule has 1 heterocycles. The third-order valence-electron chi connectivity index (χ3n) is 2.58. The molecule has 21 heavy (non-hydrogen) atoms. The molecule has 8 heteroatoms. The van der Waals surface area contributed by atoms with E-state index >= 15 is 0 Å². The maximum atomic E-state index is 5.37. The largest absolute Gasteiger partial charge is 0.496 e. The SMILES string of the molecule is COCCNc1nnc(SCc2cc(Br)ccc2OC)s1. The fourth-order valence-corrected chi connectivity index (χ4v) is 3.76. The van der Waals surface area contributed by atoms with Crippen molar-refractivity contribution < 1.29 is 9.47 Å². The van der Waals surface area contributed by atoms with Gasteiger partial charge in [0.2, 0.25) is 5.13 Å². The number of anilines is 1. The van der Waals surface area contributed by atoms with Crippen LogP contribution in [0.5, 0.6) is 5.75 Å². The standard InChI is InChI=1S/C13H16BrN3O2S2/c1-18-6-5-15-12-16-17-13(21-12)20-8-9-7-10(14)3-4-11(9)19-2/h3-4,7H,5-6,8H2,1-2H3,(H,15,16). The predicted molar refractivity (Wildman–Crippen MR) is 90.5 cm³/mol. The molecular formula is C13H16BrN3O2S2. The van der Waals surface area contributed by atoms with Crippen molar-refractivity contribution in [3.63, 3.8) is 0 Å². The van der Waals surface area contributed by atoms with Gasteiger partial charge < -0.3 is 14.8 Å². The van der Waals surface area contributed by atoms with E-state index in [1.54, 1.807) is 37.3 Å². The van der Waals surface area contributed by atoms with Crippen molar-refractivity contribution in [2.75, 3.05) is 32.7 Å². The molecule has 0 spiro atoms. The average molecular weight is 390 g/mol. The molecule has 114 valence electrons. The summed E-state index contributed by atoms with van der Waals surface area (Å²) in [6, 6.07) is 5.98. The Labute approximate surface area is 140 Å². The first-order valence-electron chi connectivity index (χ1n) is 6.24. The average Bonchev–Trinajstić information content (AvgIpc) is 2.93. The fraction of sp³-hybridized carbons (Fsp3) is 0.385. The minimum absolute atomic E-state index is 0.650. The Kier molecular flexibility index (Phi) is 6.75. The molecule has 0 aliphatic rings. The molecule has 0 saturated carbocycles. The van der Waals surface area contributed by atoms with Gasteiger partial charge in [-0.25, -0.2) is 0 Å². The molecular weight excluding hydrogens is 374 g/mol. The Hall–Kier alpha value is -0.830. The van der Waals surface area contributed by atoms with E-state index in [2.05, 4.69) is 37.5 Å². The van der Waals surface area contributed by atoms with Crippen LogP contribution in [0.1, 0.15) is 5.56 Å². The number of thioether (sulfide) groups is 1. The van der Waals surface area contributed by atoms with E-state index in [0.29, 0.717) is 6.61 Å². The maximum Gasteiger partial charge on any atom is 0.206 e. The van der Waals surface area contributed by atoms with Crippen LogP contribution in [-0.2, 0) is 10.5 Å². The zero-order valence-corrected chi connectivity index (χ0v) is 15.0. The van der Waals surface area contributed by atoms with Crippen molar-refractivity contribution in [2.24, 2.45) is 0 Å². The molecule has 0 radical (unpaired) electrons. The van der Waals surface area contributed by atoms with Crippen LogP contribution < -0.4 is 10.1 Å². The van der Waals surface area contributed by atoms with Crippen molar-refractivity contribution in [3.8, 4) is 5.75 Å². The van der Waals surface area contributed by atoms with Crippen LogP contribution in [-0.4, -0.2) is 37.6 Å². The molecule has 2 rings (SSSR count). The van der Waals surface area contributed by atoms with Crippen LogP contribution in [0.2, 0.25) is 0 Å². The first-order valence-corrected chi connectivity index (χ1v) is 8.84. The van der Waals surface area contributed by atoms with Gasteiger partial charge in [-0.2, -0.15) is 0 Å². The number of aromatic nitrogens is 2. The Balaban J connectivity index is 1.92. The highest BCUT2D eigenvalue weighted by molar-refractivity contribution is 9.10. The molecule has 0 amide bonds. The second-order valence-electron chi connectivity index (χ2n) is 4.04. The van der Waals surface area contributed by atoms with E-state index in [9.17, 15) is 0 Å². The quantitative estimate of drug-likeness (QED) is 0.549. The van der Waals surface area contributed by atoms with E-state index in [-0.39, 0.29) is 0 Å². The molecule has 0 saturated heterocycles. The molecule has 0 atom stereocenters. The van der Waals surface area contributed by atoms with E-state index < -0.39 is 0 Å². The molecule has 1 N–H and O–H groups in total.